The zero-order chi connectivity index (χ0) is 10.9. The molecule has 1 fully saturated rings. The van der Waals surface area contributed by atoms with E-state index in [4.69, 9.17) is 16.3 Å². The Kier molecular flexibility index (Phi) is 3.53. The highest BCUT2D eigenvalue weighted by Crippen LogP contribution is 2.47. The fourth-order valence-electron chi connectivity index (χ4n) is 1.35. The molecule has 1 aromatic carbocycles. The largest absolute Gasteiger partial charge is 0.491 e. The Bertz CT molecular complexity index is 366. The van der Waals surface area contributed by atoms with Crippen molar-refractivity contribution in [1.82, 2.24) is 0 Å². The molecule has 0 atom stereocenters. The number of benzene rings is 1. The molecule has 0 bridgehead atoms. The molecule has 0 heterocycles. The molecule has 82 valence electrons. The van der Waals surface area contributed by atoms with Crippen molar-refractivity contribution >= 4 is 40.2 Å². The summed E-state index contributed by atoms with van der Waals surface area (Å²) in [6, 6.07) is 5.67. The minimum absolute atomic E-state index is 0.305. The van der Waals surface area contributed by atoms with Crippen LogP contribution in [0.25, 0.3) is 0 Å². The highest BCUT2D eigenvalue weighted by atomic mass is 79.9. The Morgan fingerprint density at radius 3 is 2.73 bits per heavy atom. The molecule has 2 rings (SSSR count). The van der Waals surface area contributed by atoms with Crippen LogP contribution in [0, 0.1) is 5.41 Å². The van der Waals surface area contributed by atoms with Gasteiger partial charge in [-0.1, -0.05) is 27.5 Å². The maximum atomic E-state index is 6.05. The standard InChI is InChI=1S/C11H12BrClOS/c12-8-1-2-10(9(13)5-8)14-6-11(7-15)3-4-11/h1-2,5,15H,3-4,6-7H2. The fourth-order valence-corrected chi connectivity index (χ4v) is 2.48. The predicted octanol–water partition coefficient (Wildman–Crippen LogP) is 4.19. The fraction of sp³-hybridized carbons (Fsp3) is 0.455. The molecular weight excluding hydrogens is 296 g/mol. The summed E-state index contributed by atoms with van der Waals surface area (Å²) < 4.78 is 6.68. The Morgan fingerprint density at radius 2 is 2.20 bits per heavy atom. The summed E-state index contributed by atoms with van der Waals surface area (Å²) in [7, 11) is 0. The summed E-state index contributed by atoms with van der Waals surface area (Å²) in [6.45, 7) is 0.720. The summed E-state index contributed by atoms with van der Waals surface area (Å²) >= 11 is 13.7. The van der Waals surface area contributed by atoms with E-state index in [1.165, 1.54) is 12.8 Å². The minimum atomic E-state index is 0.305. The van der Waals surface area contributed by atoms with E-state index in [1.54, 1.807) is 0 Å². The van der Waals surface area contributed by atoms with Crippen molar-refractivity contribution in [2.45, 2.75) is 12.8 Å². The third-order valence-electron chi connectivity index (χ3n) is 2.72. The van der Waals surface area contributed by atoms with Crippen LogP contribution in [0.2, 0.25) is 5.02 Å². The Morgan fingerprint density at radius 1 is 1.47 bits per heavy atom. The summed E-state index contributed by atoms with van der Waals surface area (Å²) in [5, 5.41) is 0.652. The van der Waals surface area contributed by atoms with Gasteiger partial charge >= 0.3 is 0 Å². The molecule has 1 saturated carbocycles. The highest BCUT2D eigenvalue weighted by molar-refractivity contribution is 9.10. The molecule has 1 aromatic rings. The van der Waals surface area contributed by atoms with Gasteiger partial charge in [-0.25, -0.2) is 0 Å². The summed E-state index contributed by atoms with van der Waals surface area (Å²) in [6.07, 6.45) is 2.43. The highest BCUT2D eigenvalue weighted by Gasteiger charge is 2.42. The van der Waals surface area contributed by atoms with Crippen LogP contribution in [0.1, 0.15) is 12.8 Å². The Hall–Kier alpha value is 0.140. The number of hydrogen-bond donors (Lipinski definition) is 1. The van der Waals surface area contributed by atoms with Gasteiger partial charge in [-0.05, 0) is 36.8 Å². The van der Waals surface area contributed by atoms with Crippen LogP contribution in [0.15, 0.2) is 22.7 Å². The van der Waals surface area contributed by atoms with E-state index < -0.39 is 0 Å². The van der Waals surface area contributed by atoms with Crippen LogP contribution >= 0.6 is 40.2 Å². The zero-order valence-corrected chi connectivity index (χ0v) is 11.4. The molecule has 1 aliphatic rings. The van der Waals surface area contributed by atoms with Gasteiger partial charge < -0.3 is 4.74 Å². The lowest BCUT2D eigenvalue weighted by molar-refractivity contribution is 0.251. The Balaban J connectivity index is 1.99. The molecular formula is C11H12BrClOS. The van der Waals surface area contributed by atoms with Crippen LogP contribution in [-0.2, 0) is 0 Å². The van der Waals surface area contributed by atoms with Gasteiger partial charge in [-0.3, -0.25) is 0 Å². The second kappa shape index (κ2) is 4.56. The van der Waals surface area contributed by atoms with E-state index in [1.807, 2.05) is 18.2 Å². The van der Waals surface area contributed by atoms with Crippen LogP contribution in [-0.4, -0.2) is 12.4 Å². The number of halogens is 2. The van der Waals surface area contributed by atoms with Crippen LogP contribution in [0.5, 0.6) is 5.75 Å². The first kappa shape index (κ1) is 11.6. The van der Waals surface area contributed by atoms with Crippen molar-refractivity contribution in [3.8, 4) is 5.75 Å². The number of hydrogen-bond acceptors (Lipinski definition) is 2. The van der Waals surface area contributed by atoms with Crippen molar-refractivity contribution < 1.29 is 4.74 Å². The lowest BCUT2D eigenvalue weighted by atomic mass is 10.2. The summed E-state index contributed by atoms with van der Waals surface area (Å²) in [5.74, 6) is 1.65. The molecule has 0 N–H and O–H groups in total. The Labute approximate surface area is 109 Å². The number of rotatable bonds is 4. The first-order valence-electron chi connectivity index (χ1n) is 4.84. The maximum absolute atomic E-state index is 6.05. The monoisotopic (exact) mass is 306 g/mol. The molecule has 0 amide bonds. The molecule has 1 aliphatic carbocycles. The molecule has 0 saturated heterocycles. The summed E-state index contributed by atoms with van der Waals surface area (Å²) in [5.41, 5.74) is 0.305. The minimum Gasteiger partial charge on any atom is -0.491 e. The van der Waals surface area contributed by atoms with Gasteiger partial charge in [0.2, 0.25) is 0 Å². The number of thiol groups is 1. The SMILES string of the molecule is SCC1(COc2ccc(Br)cc2Cl)CC1. The maximum Gasteiger partial charge on any atom is 0.137 e. The first-order valence-corrected chi connectivity index (χ1v) is 6.64. The van der Waals surface area contributed by atoms with E-state index in [0.717, 1.165) is 22.6 Å². The van der Waals surface area contributed by atoms with Crippen molar-refractivity contribution in [2.75, 3.05) is 12.4 Å². The van der Waals surface area contributed by atoms with E-state index in [9.17, 15) is 0 Å². The van der Waals surface area contributed by atoms with Gasteiger partial charge in [-0.15, -0.1) is 0 Å². The molecule has 1 nitrogen and oxygen atoms in total. The van der Waals surface area contributed by atoms with E-state index >= 15 is 0 Å². The molecule has 4 heteroatoms. The van der Waals surface area contributed by atoms with Crippen molar-refractivity contribution in [3.63, 3.8) is 0 Å². The molecule has 0 aromatic heterocycles. The average molecular weight is 308 g/mol. The quantitative estimate of drug-likeness (QED) is 0.821. The van der Waals surface area contributed by atoms with E-state index in [2.05, 4.69) is 28.6 Å². The van der Waals surface area contributed by atoms with Gasteiger partial charge in [0.05, 0.1) is 11.6 Å². The molecule has 0 radical (unpaired) electrons. The van der Waals surface area contributed by atoms with Gasteiger partial charge in [0.15, 0.2) is 0 Å². The van der Waals surface area contributed by atoms with Crippen LogP contribution < -0.4 is 4.74 Å². The van der Waals surface area contributed by atoms with E-state index in [-0.39, 0.29) is 0 Å². The van der Waals surface area contributed by atoms with Crippen molar-refractivity contribution in [1.29, 1.82) is 0 Å². The smallest absolute Gasteiger partial charge is 0.137 e. The van der Waals surface area contributed by atoms with Gasteiger partial charge in [0.25, 0.3) is 0 Å². The molecule has 15 heavy (non-hydrogen) atoms. The lowest BCUT2D eigenvalue weighted by Gasteiger charge is -2.14. The second-order valence-corrected chi connectivity index (χ2v) is 5.66. The topological polar surface area (TPSA) is 9.23 Å². The predicted molar refractivity (Wildman–Crippen MR) is 70.2 cm³/mol. The summed E-state index contributed by atoms with van der Waals surface area (Å²) in [4.78, 5) is 0. The molecule has 0 aliphatic heterocycles. The van der Waals surface area contributed by atoms with E-state index in [0.29, 0.717) is 10.4 Å². The van der Waals surface area contributed by atoms with Gasteiger partial charge in [-0.2, -0.15) is 12.6 Å². The third kappa shape index (κ3) is 2.83. The van der Waals surface area contributed by atoms with Crippen LogP contribution in [0.3, 0.4) is 0 Å². The molecule has 0 spiro atoms. The first-order chi connectivity index (χ1) is 7.15. The zero-order valence-electron chi connectivity index (χ0n) is 8.17. The van der Waals surface area contributed by atoms with Crippen molar-refractivity contribution in [2.24, 2.45) is 5.41 Å². The van der Waals surface area contributed by atoms with Gasteiger partial charge in [0.1, 0.15) is 5.75 Å². The lowest BCUT2D eigenvalue weighted by Crippen LogP contribution is -2.14. The van der Waals surface area contributed by atoms with Gasteiger partial charge in [0, 0.05) is 9.89 Å². The second-order valence-electron chi connectivity index (χ2n) is 4.02. The third-order valence-corrected chi connectivity index (χ3v) is 4.18. The normalized spacial score (nSPS) is 17.5. The molecule has 0 unspecified atom stereocenters. The van der Waals surface area contributed by atoms with Crippen LogP contribution in [0.4, 0.5) is 0 Å². The number of ether oxygens (including phenoxy) is 1. The van der Waals surface area contributed by atoms with Crippen molar-refractivity contribution in [3.05, 3.63) is 27.7 Å². The average Bonchev–Trinajstić information content (AvgIpc) is 2.97.